The standard InChI is InChI=1S/C15H22BrF2NO2/c1-11(2)10-20-7-3-6-19-9-12-8-13(16)4-5-14(12)21-15(17)18/h4-5,8,11,15,19H,3,6-7,9-10H2,1-2H3. The fourth-order valence-corrected chi connectivity index (χ4v) is 2.15. The molecular formula is C15H22BrF2NO2. The number of hydrogen-bond acceptors (Lipinski definition) is 3. The minimum atomic E-state index is -2.81. The first-order chi connectivity index (χ1) is 9.99. The Morgan fingerprint density at radius 3 is 2.71 bits per heavy atom. The highest BCUT2D eigenvalue weighted by Crippen LogP contribution is 2.24. The lowest BCUT2D eigenvalue weighted by Gasteiger charge is -2.12. The molecule has 0 aliphatic heterocycles. The Kier molecular flexibility index (Phi) is 8.80. The molecule has 0 aliphatic rings. The highest BCUT2D eigenvalue weighted by Gasteiger charge is 2.09. The van der Waals surface area contributed by atoms with Crippen molar-refractivity contribution < 1.29 is 18.3 Å². The maximum atomic E-state index is 12.3. The van der Waals surface area contributed by atoms with E-state index in [4.69, 9.17) is 4.74 Å². The molecule has 0 fully saturated rings. The molecule has 0 unspecified atom stereocenters. The van der Waals surface area contributed by atoms with Crippen molar-refractivity contribution in [2.24, 2.45) is 5.92 Å². The molecule has 1 aromatic carbocycles. The molecule has 1 rings (SSSR count). The quantitative estimate of drug-likeness (QED) is 0.630. The highest BCUT2D eigenvalue weighted by molar-refractivity contribution is 9.10. The molecule has 1 aromatic rings. The molecule has 0 saturated heterocycles. The van der Waals surface area contributed by atoms with Gasteiger partial charge in [0.1, 0.15) is 5.75 Å². The first-order valence-electron chi connectivity index (χ1n) is 7.00. The Morgan fingerprint density at radius 1 is 1.29 bits per heavy atom. The van der Waals surface area contributed by atoms with Crippen LogP contribution < -0.4 is 10.1 Å². The van der Waals surface area contributed by atoms with Crippen molar-refractivity contribution in [2.45, 2.75) is 33.4 Å². The van der Waals surface area contributed by atoms with Crippen molar-refractivity contribution in [1.29, 1.82) is 0 Å². The molecule has 1 N–H and O–H groups in total. The Labute approximate surface area is 133 Å². The largest absolute Gasteiger partial charge is 0.434 e. The summed E-state index contributed by atoms with van der Waals surface area (Å²) in [6.45, 7) is 4.10. The maximum Gasteiger partial charge on any atom is 0.387 e. The second kappa shape index (κ2) is 10.1. The van der Waals surface area contributed by atoms with Gasteiger partial charge in [-0.05, 0) is 37.1 Å². The van der Waals surface area contributed by atoms with Crippen LogP contribution in [-0.2, 0) is 11.3 Å². The number of ether oxygens (including phenoxy) is 2. The first kappa shape index (κ1) is 18.3. The van der Waals surface area contributed by atoms with E-state index in [0.29, 0.717) is 24.6 Å². The molecular weight excluding hydrogens is 344 g/mol. The van der Waals surface area contributed by atoms with Gasteiger partial charge in [0.05, 0.1) is 0 Å². The van der Waals surface area contributed by atoms with Gasteiger partial charge in [-0.15, -0.1) is 0 Å². The summed E-state index contributed by atoms with van der Waals surface area (Å²) in [5.41, 5.74) is 0.702. The number of benzene rings is 1. The molecule has 0 spiro atoms. The number of alkyl halides is 2. The lowest BCUT2D eigenvalue weighted by atomic mass is 10.2. The van der Waals surface area contributed by atoms with Crippen LogP contribution in [0.5, 0.6) is 5.75 Å². The van der Waals surface area contributed by atoms with E-state index in [-0.39, 0.29) is 5.75 Å². The molecule has 0 heterocycles. The number of rotatable bonds is 10. The first-order valence-corrected chi connectivity index (χ1v) is 7.80. The average Bonchev–Trinajstić information content (AvgIpc) is 2.39. The van der Waals surface area contributed by atoms with Crippen molar-refractivity contribution in [1.82, 2.24) is 5.32 Å². The van der Waals surface area contributed by atoms with Gasteiger partial charge in [-0.1, -0.05) is 29.8 Å². The smallest absolute Gasteiger partial charge is 0.387 e. The lowest BCUT2D eigenvalue weighted by molar-refractivity contribution is -0.0505. The minimum Gasteiger partial charge on any atom is -0.434 e. The zero-order valence-corrected chi connectivity index (χ0v) is 14.0. The summed E-state index contributed by atoms with van der Waals surface area (Å²) in [4.78, 5) is 0. The van der Waals surface area contributed by atoms with Gasteiger partial charge < -0.3 is 14.8 Å². The number of nitrogens with one attached hydrogen (secondary N) is 1. The molecule has 0 bridgehead atoms. The second-order valence-electron chi connectivity index (χ2n) is 5.13. The summed E-state index contributed by atoms with van der Waals surface area (Å²) in [7, 11) is 0. The molecule has 0 radical (unpaired) electrons. The fraction of sp³-hybridized carbons (Fsp3) is 0.600. The van der Waals surface area contributed by atoms with Crippen molar-refractivity contribution in [3.8, 4) is 5.75 Å². The van der Waals surface area contributed by atoms with E-state index in [0.717, 1.165) is 24.0 Å². The topological polar surface area (TPSA) is 30.5 Å². The third kappa shape index (κ3) is 8.34. The monoisotopic (exact) mass is 365 g/mol. The Balaban J connectivity index is 2.32. The van der Waals surface area contributed by atoms with Crippen LogP contribution in [0.1, 0.15) is 25.8 Å². The highest BCUT2D eigenvalue weighted by atomic mass is 79.9. The van der Waals surface area contributed by atoms with Crippen molar-refractivity contribution in [3.63, 3.8) is 0 Å². The zero-order chi connectivity index (χ0) is 15.7. The molecule has 0 aromatic heterocycles. The Morgan fingerprint density at radius 2 is 2.05 bits per heavy atom. The summed E-state index contributed by atoms with van der Waals surface area (Å²) >= 11 is 3.33. The molecule has 0 amide bonds. The summed E-state index contributed by atoms with van der Waals surface area (Å²) in [6.07, 6.45) is 0.881. The predicted octanol–water partition coefficient (Wildman–Crippen LogP) is 4.20. The average molecular weight is 366 g/mol. The van der Waals surface area contributed by atoms with Gasteiger partial charge in [-0.3, -0.25) is 0 Å². The molecule has 0 atom stereocenters. The summed E-state index contributed by atoms with van der Waals surface area (Å²) in [6, 6.07) is 5.00. The molecule has 21 heavy (non-hydrogen) atoms. The molecule has 0 saturated carbocycles. The molecule has 3 nitrogen and oxygen atoms in total. The van der Waals surface area contributed by atoms with Crippen molar-refractivity contribution in [2.75, 3.05) is 19.8 Å². The van der Waals surface area contributed by atoms with Crippen LogP contribution in [0, 0.1) is 5.92 Å². The van der Waals surface area contributed by atoms with E-state index in [1.807, 2.05) is 0 Å². The Bertz CT molecular complexity index is 417. The number of halogens is 3. The van der Waals surface area contributed by atoms with Crippen LogP contribution in [0.25, 0.3) is 0 Å². The van der Waals surface area contributed by atoms with Crippen LogP contribution in [0.3, 0.4) is 0 Å². The predicted molar refractivity (Wildman–Crippen MR) is 82.8 cm³/mol. The van der Waals surface area contributed by atoms with E-state index in [2.05, 4.69) is 39.8 Å². The normalized spacial score (nSPS) is 11.4. The maximum absolute atomic E-state index is 12.3. The van der Waals surface area contributed by atoms with E-state index < -0.39 is 6.61 Å². The van der Waals surface area contributed by atoms with Gasteiger partial charge in [-0.2, -0.15) is 8.78 Å². The van der Waals surface area contributed by atoms with Crippen LogP contribution in [0.4, 0.5) is 8.78 Å². The third-order valence-electron chi connectivity index (χ3n) is 2.65. The fourth-order valence-electron chi connectivity index (χ4n) is 1.74. The molecule has 120 valence electrons. The van der Waals surface area contributed by atoms with Crippen molar-refractivity contribution >= 4 is 15.9 Å². The van der Waals surface area contributed by atoms with Crippen LogP contribution in [-0.4, -0.2) is 26.4 Å². The van der Waals surface area contributed by atoms with Gasteiger partial charge in [0.2, 0.25) is 0 Å². The summed E-state index contributed by atoms with van der Waals surface area (Å²) in [5.74, 6) is 0.741. The second-order valence-corrected chi connectivity index (χ2v) is 6.05. The van der Waals surface area contributed by atoms with Crippen LogP contribution in [0.15, 0.2) is 22.7 Å². The lowest BCUT2D eigenvalue weighted by Crippen LogP contribution is -2.18. The Hall–Kier alpha value is -0.720. The van der Waals surface area contributed by atoms with Gasteiger partial charge in [0, 0.05) is 29.8 Å². The van der Waals surface area contributed by atoms with Gasteiger partial charge in [0.15, 0.2) is 0 Å². The van der Waals surface area contributed by atoms with Crippen LogP contribution >= 0.6 is 15.9 Å². The van der Waals surface area contributed by atoms with Crippen LogP contribution in [0.2, 0.25) is 0 Å². The van der Waals surface area contributed by atoms with E-state index in [1.54, 1.807) is 18.2 Å². The van der Waals surface area contributed by atoms with Gasteiger partial charge in [-0.25, -0.2) is 0 Å². The summed E-state index contributed by atoms with van der Waals surface area (Å²) < 4.78 is 35.5. The minimum absolute atomic E-state index is 0.205. The van der Waals surface area contributed by atoms with E-state index in [9.17, 15) is 8.78 Å². The zero-order valence-electron chi connectivity index (χ0n) is 12.4. The third-order valence-corrected chi connectivity index (χ3v) is 3.14. The number of hydrogen-bond donors (Lipinski definition) is 1. The van der Waals surface area contributed by atoms with Gasteiger partial charge >= 0.3 is 6.61 Å². The van der Waals surface area contributed by atoms with Crippen molar-refractivity contribution in [3.05, 3.63) is 28.2 Å². The van der Waals surface area contributed by atoms with E-state index >= 15 is 0 Å². The SMILES string of the molecule is CC(C)COCCCNCc1cc(Br)ccc1OC(F)F. The summed E-state index contributed by atoms with van der Waals surface area (Å²) in [5, 5.41) is 3.20. The van der Waals surface area contributed by atoms with Gasteiger partial charge in [0.25, 0.3) is 0 Å². The molecule has 6 heteroatoms. The van der Waals surface area contributed by atoms with E-state index in [1.165, 1.54) is 0 Å². The molecule has 0 aliphatic carbocycles.